The third-order valence-electron chi connectivity index (χ3n) is 4.07. The maximum Gasteiger partial charge on any atom is 0.338 e. The Balaban J connectivity index is 1.66. The first-order valence-electron chi connectivity index (χ1n) is 7.92. The lowest BCUT2D eigenvalue weighted by Crippen LogP contribution is -2.10. The highest BCUT2D eigenvalue weighted by Gasteiger charge is 2.11. The van der Waals surface area contributed by atoms with Gasteiger partial charge in [0.1, 0.15) is 12.4 Å². The maximum absolute atomic E-state index is 12.2. The smallest absolute Gasteiger partial charge is 0.338 e. The van der Waals surface area contributed by atoms with Crippen LogP contribution in [0.3, 0.4) is 0 Å². The fourth-order valence-electron chi connectivity index (χ4n) is 2.49. The Morgan fingerprint density at radius 2 is 1.88 bits per heavy atom. The predicted octanol–water partition coefficient (Wildman–Crippen LogP) is 3.91. The summed E-state index contributed by atoms with van der Waals surface area (Å²) in [6, 6.07) is 15.7. The predicted molar refractivity (Wildman–Crippen MR) is 92.8 cm³/mol. The molecule has 4 heteroatoms. The number of hydrogen-bond donors (Lipinski definition) is 0. The molecular weight excluding hydrogens is 300 g/mol. The average Bonchev–Trinajstić information content (AvgIpc) is 3.03. The van der Waals surface area contributed by atoms with Crippen LogP contribution in [0.4, 0.5) is 0 Å². The van der Waals surface area contributed by atoms with Crippen molar-refractivity contribution in [3.05, 3.63) is 89.0 Å². The quantitative estimate of drug-likeness (QED) is 0.670. The van der Waals surface area contributed by atoms with E-state index >= 15 is 0 Å². The Morgan fingerprint density at radius 1 is 1.08 bits per heavy atom. The summed E-state index contributed by atoms with van der Waals surface area (Å²) in [6.07, 6.45) is 3.62. The first kappa shape index (κ1) is 16.0. The third-order valence-corrected chi connectivity index (χ3v) is 4.07. The molecule has 1 heterocycles. The van der Waals surface area contributed by atoms with Gasteiger partial charge in [-0.15, -0.1) is 0 Å². The summed E-state index contributed by atoms with van der Waals surface area (Å²) in [5, 5.41) is 0. The van der Waals surface area contributed by atoms with E-state index in [0.717, 1.165) is 17.0 Å². The minimum absolute atomic E-state index is 0.158. The van der Waals surface area contributed by atoms with Gasteiger partial charge >= 0.3 is 5.97 Å². The van der Waals surface area contributed by atoms with E-state index in [1.54, 1.807) is 12.3 Å². The number of imidazole rings is 1. The molecule has 0 fully saturated rings. The van der Waals surface area contributed by atoms with E-state index in [2.05, 4.69) is 17.1 Å². The Hall–Kier alpha value is -2.88. The summed E-state index contributed by atoms with van der Waals surface area (Å²) < 4.78 is 7.41. The van der Waals surface area contributed by atoms with Crippen LogP contribution in [0.5, 0.6) is 0 Å². The number of hydrogen-bond acceptors (Lipinski definition) is 3. The Kier molecular flexibility index (Phi) is 4.75. The summed E-state index contributed by atoms with van der Waals surface area (Å²) >= 11 is 0. The van der Waals surface area contributed by atoms with Gasteiger partial charge in [0.2, 0.25) is 0 Å². The zero-order valence-electron chi connectivity index (χ0n) is 13.9. The molecule has 0 aliphatic carbocycles. The minimum Gasteiger partial charge on any atom is -0.454 e. The lowest BCUT2D eigenvalue weighted by Gasteiger charge is -2.09. The zero-order chi connectivity index (χ0) is 16.9. The van der Waals surface area contributed by atoms with E-state index in [9.17, 15) is 4.79 Å². The molecule has 0 unspecified atom stereocenters. The molecule has 0 N–H and O–H groups in total. The number of aromatic nitrogens is 2. The number of carbonyl (C=O) groups excluding carboxylic acids is 1. The van der Waals surface area contributed by atoms with Gasteiger partial charge in [-0.05, 0) is 42.7 Å². The monoisotopic (exact) mass is 320 g/mol. The Morgan fingerprint density at radius 3 is 2.62 bits per heavy atom. The van der Waals surface area contributed by atoms with Crippen LogP contribution in [0.25, 0.3) is 0 Å². The molecule has 0 saturated heterocycles. The van der Waals surface area contributed by atoms with Gasteiger partial charge in [0, 0.05) is 18.9 Å². The van der Waals surface area contributed by atoms with E-state index in [1.165, 1.54) is 5.56 Å². The van der Waals surface area contributed by atoms with Crippen molar-refractivity contribution in [1.29, 1.82) is 0 Å². The largest absolute Gasteiger partial charge is 0.454 e. The van der Waals surface area contributed by atoms with Crippen LogP contribution in [0.1, 0.15) is 32.9 Å². The second-order valence-corrected chi connectivity index (χ2v) is 5.83. The number of benzene rings is 2. The van der Waals surface area contributed by atoms with Crippen LogP contribution in [-0.4, -0.2) is 15.5 Å². The molecule has 0 amide bonds. The Bertz CT molecular complexity index is 838. The molecule has 1 aromatic heterocycles. The van der Waals surface area contributed by atoms with E-state index < -0.39 is 0 Å². The first-order chi connectivity index (χ1) is 11.6. The molecular formula is C20H20N2O2. The molecule has 4 nitrogen and oxygen atoms in total. The molecule has 3 aromatic rings. The van der Waals surface area contributed by atoms with Gasteiger partial charge in [-0.1, -0.05) is 36.4 Å². The highest BCUT2D eigenvalue weighted by Crippen LogP contribution is 2.12. The van der Waals surface area contributed by atoms with Crippen LogP contribution in [0, 0.1) is 13.8 Å². The molecule has 0 radical (unpaired) electrons. The van der Waals surface area contributed by atoms with Crippen molar-refractivity contribution in [2.45, 2.75) is 27.0 Å². The van der Waals surface area contributed by atoms with Gasteiger partial charge in [0.15, 0.2) is 0 Å². The number of ether oxygens (including phenoxy) is 1. The van der Waals surface area contributed by atoms with E-state index in [4.69, 9.17) is 4.74 Å². The first-order valence-corrected chi connectivity index (χ1v) is 7.92. The summed E-state index contributed by atoms with van der Waals surface area (Å²) in [7, 11) is 0. The number of carbonyl (C=O) groups is 1. The molecule has 3 rings (SSSR count). The van der Waals surface area contributed by atoms with Gasteiger partial charge in [-0.3, -0.25) is 0 Å². The highest BCUT2D eigenvalue weighted by molar-refractivity contribution is 5.89. The molecule has 0 bridgehead atoms. The normalized spacial score (nSPS) is 10.6. The number of nitrogens with zero attached hydrogens (tertiary/aromatic N) is 2. The van der Waals surface area contributed by atoms with Crippen molar-refractivity contribution in [2.24, 2.45) is 0 Å². The van der Waals surface area contributed by atoms with Crippen molar-refractivity contribution in [2.75, 3.05) is 0 Å². The molecule has 0 atom stereocenters. The average molecular weight is 320 g/mol. The van der Waals surface area contributed by atoms with Gasteiger partial charge < -0.3 is 9.30 Å². The molecule has 0 aliphatic heterocycles. The topological polar surface area (TPSA) is 44.1 Å². The summed E-state index contributed by atoms with van der Waals surface area (Å²) in [5.74, 6) is 0.406. The van der Waals surface area contributed by atoms with Gasteiger partial charge in [-0.25, -0.2) is 9.78 Å². The summed E-state index contributed by atoms with van der Waals surface area (Å²) in [4.78, 5) is 16.5. The molecule has 122 valence electrons. The van der Waals surface area contributed by atoms with Gasteiger partial charge in [0.25, 0.3) is 0 Å². The fraction of sp³-hybridized carbons (Fsp3) is 0.200. The second-order valence-electron chi connectivity index (χ2n) is 5.83. The minimum atomic E-state index is -0.327. The van der Waals surface area contributed by atoms with Crippen LogP contribution >= 0.6 is 0 Å². The SMILES string of the molecule is Cc1ccc(C(=O)OCc2nccn2Cc2ccccc2)cc1C. The van der Waals surface area contributed by atoms with Gasteiger partial charge in [-0.2, -0.15) is 0 Å². The van der Waals surface area contributed by atoms with Crippen molar-refractivity contribution in [3.63, 3.8) is 0 Å². The van der Waals surface area contributed by atoms with Crippen molar-refractivity contribution in [3.8, 4) is 0 Å². The lowest BCUT2D eigenvalue weighted by molar-refractivity contribution is 0.0458. The summed E-state index contributed by atoms with van der Waals surface area (Å²) in [5.41, 5.74) is 3.98. The molecule has 2 aromatic carbocycles. The molecule has 0 spiro atoms. The molecule has 0 aliphatic rings. The number of esters is 1. The van der Waals surface area contributed by atoms with Crippen molar-refractivity contribution < 1.29 is 9.53 Å². The van der Waals surface area contributed by atoms with E-state index in [-0.39, 0.29) is 12.6 Å². The van der Waals surface area contributed by atoms with Crippen LogP contribution in [0.15, 0.2) is 60.9 Å². The maximum atomic E-state index is 12.2. The Labute approximate surface area is 141 Å². The lowest BCUT2D eigenvalue weighted by atomic mass is 10.1. The van der Waals surface area contributed by atoms with Crippen LogP contribution in [0.2, 0.25) is 0 Å². The van der Waals surface area contributed by atoms with Crippen molar-refractivity contribution >= 4 is 5.97 Å². The third kappa shape index (κ3) is 3.71. The zero-order valence-corrected chi connectivity index (χ0v) is 13.9. The molecule has 0 saturated carbocycles. The fourth-order valence-corrected chi connectivity index (χ4v) is 2.49. The van der Waals surface area contributed by atoms with Gasteiger partial charge in [0.05, 0.1) is 5.56 Å². The second kappa shape index (κ2) is 7.13. The summed E-state index contributed by atoms with van der Waals surface area (Å²) in [6.45, 7) is 4.87. The van der Waals surface area contributed by atoms with Crippen LogP contribution < -0.4 is 0 Å². The van der Waals surface area contributed by atoms with Crippen LogP contribution in [-0.2, 0) is 17.9 Å². The van der Waals surface area contributed by atoms with E-state index in [1.807, 2.05) is 54.9 Å². The number of aryl methyl sites for hydroxylation is 2. The molecule has 24 heavy (non-hydrogen) atoms. The standard InChI is InChI=1S/C20H20N2O2/c1-15-8-9-18(12-16(15)2)20(23)24-14-19-21-10-11-22(19)13-17-6-4-3-5-7-17/h3-12H,13-14H2,1-2H3. The van der Waals surface area contributed by atoms with Crippen molar-refractivity contribution in [1.82, 2.24) is 9.55 Å². The highest BCUT2D eigenvalue weighted by atomic mass is 16.5. The number of rotatable bonds is 5. The van der Waals surface area contributed by atoms with E-state index in [0.29, 0.717) is 12.1 Å².